The van der Waals surface area contributed by atoms with Gasteiger partial charge in [0.1, 0.15) is 99.7 Å². The molecule has 0 aromatic heterocycles. The number of aliphatic hydroxyl groups excluding tert-OH is 9. The highest BCUT2D eigenvalue weighted by atomic mass is 16.8. The molecule has 0 radical (unpaired) electrons. The second-order valence-corrected chi connectivity index (χ2v) is 17.2. The first kappa shape index (κ1) is 50.7. The minimum atomic E-state index is -2.49. The summed E-state index contributed by atoms with van der Waals surface area (Å²) in [6.07, 6.45) is -19.2. The molecule has 4 aliphatic heterocycles. The largest absolute Gasteiger partial charge is 0.391 e. The van der Waals surface area contributed by atoms with Gasteiger partial charge in [-0.3, -0.25) is 0 Å². The number of rotatable bonds is 22. The molecule has 14 N–H and O–H groups in total. The zero-order valence-electron chi connectivity index (χ0n) is 34.5. The number of hydrogen-bond acceptors (Lipinski definition) is 23. The minimum Gasteiger partial charge on any atom is -0.391 e. The second-order valence-electron chi connectivity index (χ2n) is 17.2. The molecule has 23 nitrogen and oxygen atoms in total. The van der Waals surface area contributed by atoms with Crippen LogP contribution in [0.1, 0.15) is 41.5 Å². The van der Waals surface area contributed by atoms with Gasteiger partial charge in [-0.05, 0) is 41.5 Å². The van der Waals surface area contributed by atoms with Crippen LogP contribution in [0.25, 0.3) is 0 Å². The van der Waals surface area contributed by atoms with Crippen molar-refractivity contribution in [3.8, 4) is 0 Å². The van der Waals surface area contributed by atoms with E-state index < -0.39 is 147 Å². The van der Waals surface area contributed by atoms with Crippen LogP contribution in [0, 0.1) is 0 Å². The van der Waals surface area contributed by atoms with Crippen molar-refractivity contribution in [2.45, 2.75) is 149 Å². The van der Waals surface area contributed by atoms with E-state index in [-0.39, 0.29) is 39.5 Å². The van der Waals surface area contributed by atoms with Gasteiger partial charge in [0.2, 0.25) is 23.1 Å². The Bertz CT molecular complexity index is 1300. The van der Waals surface area contributed by atoms with Gasteiger partial charge >= 0.3 is 0 Å². The normalized spacial score (nSPS) is 43.0. The molecule has 4 heterocycles. The van der Waals surface area contributed by atoms with Gasteiger partial charge in [0.25, 0.3) is 0 Å². The van der Waals surface area contributed by atoms with Gasteiger partial charge in [-0.15, -0.1) is 0 Å². The molecular weight excluding hydrogens is 796 g/mol. The molecule has 0 saturated carbocycles. The Labute approximate surface area is 342 Å². The standard InChI is InChI=1S/C36H68N2O21/c1-31(2,3)51-11-20-24(42)28(46)34(15-39,57-20)53-14-21-25(43)29(47)36(59-21,54-13-19-23(41)27(45)33(48,56-19)17-49-9-7-37)18-55-35(16-40)30(50-10-8-38)26(44)22(58-35)12-52-32(4,5)6/h19-30,39-48H,7-18,37-38H2,1-6H3. The first-order valence-electron chi connectivity index (χ1n) is 19.7. The molecule has 0 aromatic rings. The summed E-state index contributed by atoms with van der Waals surface area (Å²) in [6.45, 7) is 5.30. The van der Waals surface area contributed by atoms with Crippen LogP contribution in [0.4, 0.5) is 0 Å². The molecule has 23 heteroatoms. The van der Waals surface area contributed by atoms with Gasteiger partial charge in [0.15, 0.2) is 0 Å². The van der Waals surface area contributed by atoms with E-state index in [4.69, 9.17) is 63.6 Å². The number of hydrogen-bond donors (Lipinski definition) is 12. The third-order valence-corrected chi connectivity index (χ3v) is 10.3. The Morgan fingerprint density at radius 1 is 0.525 bits per heavy atom. The molecule has 16 atom stereocenters. The van der Waals surface area contributed by atoms with Gasteiger partial charge in [-0.1, -0.05) is 0 Å². The molecule has 0 aliphatic carbocycles. The lowest BCUT2D eigenvalue weighted by Crippen LogP contribution is -2.57. The van der Waals surface area contributed by atoms with E-state index in [1.807, 2.05) is 0 Å². The van der Waals surface area contributed by atoms with Crippen molar-refractivity contribution in [1.29, 1.82) is 0 Å². The van der Waals surface area contributed by atoms with Crippen molar-refractivity contribution in [3.63, 3.8) is 0 Å². The zero-order valence-corrected chi connectivity index (χ0v) is 34.5. The van der Waals surface area contributed by atoms with Crippen LogP contribution in [-0.4, -0.2) is 238 Å². The smallest absolute Gasteiger partial charge is 0.222 e. The Balaban J connectivity index is 1.61. The Morgan fingerprint density at radius 3 is 1.49 bits per heavy atom. The van der Waals surface area contributed by atoms with E-state index in [0.717, 1.165) is 0 Å². The maximum Gasteiger partial charge on any atom is 0.222 e. The second kappa shape index (κ2) is 20.3. The quantitative estimate of drug-likeness (QED) is 0.0451. The van der Waals surface area contributed by atoms with Crippen molar-refractivity contribution in [3.05, 3.63) is 0 Å². The number of aliphatic hydroxyl groups is 10. The highest BCUT2D eigenvalue weighted by Crippen LogP contribution is 2.42. The fraction of sp³-hybridized carbons (Fsp3) is 1.00. The van der Waals surface area contributed by atoms with Crippen LogP contribution in [0.2, 0.25) is 0 Å². The van der Waals surface area contributed by atoms with Gasteiger partial charge in [-0.2, -0.15) is 0 Å². The van der Waals surface area contributed by atoms with Crippen molar-refractivity contribution >= 4 is 0 Å². The zero-order chi connectivity index (χ0) is 44.2. The van der Waals surface area contributed by atoms with Crippen molar-refractivity contribution < 1.29 is 103 Å². The SMILES string of the molecule is CC(C)(C)OCC1OC(CO)(OCC2OC(COC3(CO)OC(COC(C)(C)C)C(O)C3OCCN)(OCC3OC(O)(COCCN)C(O)C3O)C(O)C2O)C(O)C1O. The lowest BCUT2D eigenvalue weighted by molar-refractivity contribution is -0.351. The highest BCUT2D eigenvalue weighted by molar-refractivity contribution is 5.04. The molecular formula is C36H68N2O21. The average molecular weight is 865 g/mol. The van der Waals surface area contributed by atoms with Crippen LogP contribution in [0.3, 0.4) is 0 Å². The topological polar surface area (TPSA) is 356 Å². The first-order valence-corrected chi connectivity index (χ1v) is 19.7. The van der Waals surface area contributed by atoms with E-state index in [1.54, 1.807) is 41.5 Å². The lowest BCUT2D eigenvalue weighted by atomic mass is 10.0. The maximum absolute atomic E-state index is 11.7. The number of ether oxygens (including phenoxy) is 11. The minimum absolute atomic E-state index is 0.00490. The third-order valence-electron chi connectivity index (χ3n) is 10.3. The highest BCUT2D eigenvalue weighted by Gasteiger charge is 2.63. The van der Waals surface area contributed by atoms with Crippen LogP contribution < -0.4 is 11.5 Å². The predicted molar refractivity (Wildman–Crippen MR) is 197 cm³/mol. The summed E-state index contributed by atoms with van der Waals surface area (Å²) in [7, 11) is 0. The summed E-state index contributed by atoms with van der Waals surface area (Å²) < 4.78 is 63.9. The van der Waals surface area contributed by atoms with Gasteiger partial charge in [0, 0.05) is 13.1 Å². The van der Waals surface area contributed by atoms with E-state index >= 15 is 0 Å². The molecule has 0 aromatic carbocycles. The lowest BCUT2D eigenvalue weighted by Gasteiger charge is -2.38. The Hall–Kier alpha value is -0.920. The van der Waals surface area contributed by atoms with Crippen LogP contribution in [0.15, 0.2) is 0 Å². The van der Waals surface area contributed by atoms with Gasteiger partial charge in [-0.25, -0.2) is 0 Å². The van der Waals surface area contributed by atoms with E-state index in [2.05, 4.69) is 0 Å². The molecule has 4 aliphatic rings. The molecule has 348 valence electrons. The van der Waals surface area contributed by atoms with Gasteiger partial charge < -0.3 is 115 Å². The van der Waals surface area contributed by atoms with Crippen LogP contribution in [-0.2, 0) is 52.1 Å². The molecule has 4 rings (SSSR count). The Kier molecular flexibility index (Phi) is 17.4. The number of nitrogens with two attached hydrogens (primary N) is 2. The molecule has 16 unspecified atom stereocenters. The summed E-state index contributed by atoms with van der Waals surface area (Å²) in [4.78, 5) is 0. The van der Waals surface area contributed by atoms with E-state index in [9.17, 15) is 51.1 Å². The monoisotopic (exact) mass is 864 g/mol. The molecule has 0 spiro atoms. The summed E-state index contributed by atoms with van der Waals surface area (Å²) in [5.41, 5.74) is 9.80. The van der Waals surface area contributed by atoms with Crippen molar-refractivity contribution in [1.82, 2.24) is 0 Å². The summed E-state index contributed by atoms with van der Waals surface area (Å²) in [6, 6.07) is 0. The molecule has 0 amide bonds. The maximum atomic E-state index is 11.7. The Morgan fingerprint density at radius 2 is 0.966 bits per heavy atom. The molecule has 59 heavy (non-hydrogen) atoms. The van der Waals surface area contributed by atoms with Crippen molar-refractivity contribution in [2.75, 3.05) is 79.2 Å². The third kappa shape index (κ3) is 11.6. The fourth-order valence-electron chi connectivity index (χ4n) is 7.01. The molecule has 4 saturated heterocycles. The van der Waals surface area contributed by atoms with Crippen LogP contribution in [0.5, 0.6) is 0 Å². The summed E-state index contributed by atoms with van der Waals surface area (Å²) in [5, 5.41) is 110. The average Bonchev–Trinajstić information content (AvgIpc) is 3.77. The fourth-order valence-corrected chi connectivity index (χ4v) is 7.01. The predicted octanol–water partition coefficient (Wildman–Crippen LogP) is -6.13. The van der Waals surface area contributed by atoms with Gasteiger partial charge in [0.05, 0.1) is 50.8 Å². The summed E-state index contributed by atoms with van der Waals surface area (Å²) >= 11 is 0. The summed E-state index contributed by atoms with van der Waals surface area (Å²) in [5.74, 6) is -9.34. The molecule has 4 fully saturated rings. The van der Waals surface area contributed by atoms with Crippen molar-refractivity contribution in [2.24, 2.45) is 11.5 Å². The first-order chi connectivity index (χ1) is 27.5. The van der Waals surface area contributed by atoms with E-state index in [0.29, 0.717) is 0 Å². The van der Waals surface area contributed by atoms with Crippen LogP contribution >= 0.6 is 0 Å². The van der Waals surface area contributed by atoms with E-state index in [1.165, 1.54) is 0 Å². The molecule has 0 bridgehead atoms.